The first-order valence-corrected chi connectivity index (χ1v) is 9.00. The molecule has 0 unspecified atom stereocenters. The summed E-state index contributed by atoms with van der Waals surface area (Å²) in [5, 5.41) is 2.70. The third-order valence-corrected chi connectivity index (χ3v) is 4.64. The molecular formula is C17H13Cl3F2N2O3. The van der Waals surface area contributed by atoms with Gasteiger partial charge >= 0.3 is 6.61 Å². The van der Waals surface area contributed by atoms with Crippen LogP contribution in [-0.4, -0.2) is 24.1 Å². The molecule has 3 rings (SSSR count). The molecule has 1 aromatic carbocycles. The molecule has 1 aromatic heterocycles. The van der Waals surface area contributed by atoms with Crippen molar-refractivity contribution in [2.24, 2.45) is 5.92 Å². The second kappa shape index (κ2) is 8.46. The monoisotopic (exact) mass is 436 g/mol. The largest absolute Gasteiger partial charge is 0.489 e. The van der Waals surface area contributed by atoms with Gasteiger partial charge in [-0.05, 0) is 24.8 Å². The number of nitrogens with one attached hydrogen (secondary N) is 1. The molecule has 5 nitrogen and oxygen atoms in total. The fourth-order valence-electron chi connectivity index (χ4n) is 2.21. The molecular weight excluding hydrogens is 425 g/mol. The number of rotatable bonds is 7. The lowest BCUT2D eigenvalue weighted by Crippen LogP contribution is -2.14. The van der Waals surface area contributed by atoms with E-state index in [0.717, 1.165) is 18.9 Å². The molecule has 1 heterocycles. The number of benzene rings is 1. The van der Waals surface area contributed by atoms with Crippen molar-refractivity contribution in [3.63, 3.8) is 0 Å². The smallest absolute Gasteiger partial charge is 0.387 e. The van der Waals surface area contributed by atoms with E-state index in [1.165, 1.54) is 18.5 Å². The minimum Gasteiger partial charge on any atom is -0.489 e. The van der Waals surface area contributed by atoms with Crippen LogP contribution in [0.3, 0.4) is 0 Å². The zero-order valence-electron chi connectivity index (χ0n) is 13.6. The summed E-state index contributed by atoms with van der Waals surface area (Å²) in [5.74, 6) is -0.516. The first-order valence-electron chi connectivity index (χ1n) is 7.86. The first-order chi connectivity index (χ1) is 12.8. The molecule has 0 atom stereocenters. The summed E-state index contributed by atoms with van der Waals surface area (Å²) in [7, 11) is 0. The number of alkyl halides is 2. The van der Waals surface area contributed by atoms with Crippen LogP contribution >= 0.6 is 34.8 Å². The molecule has 2 aromatic rings. The minimum absolute atomic E-state index is 0.00340. The maximum atomic E-state index is 12.6. The van der Waals surface area contributed by atoms with Gasteiger partial charge in [0.15, 0.2) is 11.5 Å². The van der Waals surface area contributed by atoms with E-state index in [0.29, 0.717) is 12.5 Å². The summed E-state index contributed by atoms with van der Waals surface area (Å²) in [6, 6.07) is 2.36. The van der Waals surface area contributed by atoms with E-state index in [2.05, 4.69) is 15.0 Å². The Kier molecular flexibility index (Phi) is 6.24. The number of hydrogen-bond acceptors (Lipinski definition) is 4. The van der Waals surface area contributed by atoms with Crippen molar-refractivity contribution in [3.05, 3.63) is 45.2 Å². The highest BCUT2D eigenvalue weighted by Gasteiger charge is 2.25. The van der Waals surface area contributed by atoms with Crippen LogP contribution in [0, 0.1) is 5.92 Å². The number of hydrogen-bond donors (Lipinski definition) is 1. The van der Waals surface area contributed by atoms with Crippen molar-refractivity contribution in [2.75, 3.05) is 11.9 Å². The molecule has 10 heteroatoms. The highest BCUT2D eigenvalue weighted by Crippen LogP contribution is 2.38. The standard InChI is InChI=1S/C17H13Cl3F2N2O3/c18-10-4-14(27-17(21)22)13(26-7-8-1-2-8)3-9(10)16(25)24-15-11(19)5-23-6-12(15)20/h3-6,8,17H,1-2,7H2,(H,23,24,25). The summed E-state index contributed by atoms with van der Waals surface area (Å²) in [5.41, 5.74) is 0.149. The van der Waals surface area contributed by atoms with Gasteiger partial charge in [0.05, 0.1) is 32.9 Å². The van der Waals surface area contributed by atoms with Crippen molar-refractivity contribution >= 4 is 46.4 Å². The molecule has 1 saturated carbocycles. The van der Waals surface area contributed by atoms with Gasteiger partial charge in [-0.3, -0.25) is 9.78 Å². The summed E-state index contributed by atoms with van der Waals surface area (Å²) in [4.78, 5) is 16.4. The van der Waals surface area contributed by atoms with Gasteiger partial charge < -0.3 is 14.8 Å². The number of aromatic nitrogens is 1. The van der Waals surface area contributed by atoms with Crippen LogP contribution in [0.4, 0.5) is 14.5 Å². The molecule has 1 amide bonds. The number of nitrogens with zero attached hydrogens (tertiary/aromatic N) is 1. The van der Waals surface area contributed by atoms with E-state index in [1.54, 1.807) is 0 Å². The van der Waals surface area contributed by atoms with Gasteiger partial charge in [-0.25, -0.2) is 0 Å². The quantitative estimate of drug-likeness (QED) is 0.605. The van der Waals surface area contributed by atoms with Gasteiger partial charge in [-0.15, -0.1) is 0 Å². The number of amides is 1. The van der Waals surface area contributed by atoms with E-state index in [-0.39, 0.29) is 37.8 Å². The number of ether oxygens (including phenoxy) is 2. The van der Waals surface area contributed by atoms with Crippen molar-refractivity contribution in [3.8, 4) is 11.5 Å². The summed E-state index contributed by atoms with van der Waals surface area (Å²) in [6.45, 7) is -2.72. The van der Waals surface area contributed by atoms with Crippen LogP contribution in [0.15, 0.2) is 24.5 Å². The minimum atomic E-state index is -3.06. The van der Waals surface area contributed by atoms with Crippen LogP contribution in [0.25, 0.3) is 0 Å². The number of halogens is 5. The Labute approximate surface area is 168 Å². The SMILES string of the molecule is O=C(Nc1c(Cl)cncc1Cl)c1cc(OCC2CC2)c(OC(F)F)cc1Cl. The summed E-state index contributed by atoms with van der Waals surface area (Å²) >= 11 is 18.0. The molecule has 0 saturated heterocycles. The fraction of sp³-hybridized carbons (Fsp3) is 0.294. The number of carbonyl (C=O) groups excluding carboxylic acids is 1. The summed E-state index contributed by atoms with van der Waals surface area (Å²) in [6.07, 6.45) is 4.64. The Bertz CT molecular complexity index is 843. The number of anilines is 1. The Balaban J connectivity index is 1.88. The van der Waals surface area contributed by atoms with Crippen LogP contribution in [-0.2, 0) is 0 Å². The molecule has 0 aliphatic heterocycles. The molecule has 0 bridgehead atoms. The Morgan fingerprint density at radius 1 is 1.15 bits per heavy atom. The van der Waals surface area contributed by atoms with E-state index in [4.69, 9.17) is 39.5 Å². The fourth-order valence-corrected chi connectivity index (χ4v) is 2.91. The zero-order chi connectivity index (χ0) is 19.6. The Morgan fingerprint density at radius 3 is 2.41 bits per heavy atom. The van der Waals surface area contributed by atoms with Crippen molar-refractivity contribution in [1.82, 2.24) is 4.98 Å². The highest BCUT2D eigenvalue weighted by atomic mass is 35.5. The van der Waals surface area contributed by atoms with Crippen LogP contribution < -0.4 is 14.8 Å². The third kappa shape index (κ3) is 5.12. The highest BCUT2D eigenvalue weighted by molar-refractivity contribution is 6.40. The van der Waals surface area contributed by atoms with Gasteiger partial charge in [0, 0.05) is 18.5 Å². The Morgan fingerprint density at radius 2 is 1.81 bits per heavy atom. The topological polar surface area (TPSA) is 60.5 Å². The molecule has 27 heavy (non-hydrogen) atoms. The van der Waals surface area contributed by atoms with Crippen molar-refractivity contribution in [2.45, 2.75) is 19.5 Å². The molecule has 0 radical (unpaired) electrons. The molecule has 1 fully saturated rings. The van der Waals surface area contributed by atoms with E-state index in [9.17, 15) is 13.6 Å². The number of carbonyl (C=O) groups is 1. The van der Waals surface area contributed by atoms with Crippen LogP contribution in [0.5, 0.6) is 11.5 Å². The van der Waals surface area contributed by atoms with Crippen LogP contribution in [0.1, 0.15) is 23.2 Å². The molecule has 0 spiro atoms. The lowest BCUT2D eigenvalue weighted by molar-refractivity contribution is -0.0515. The second-order valence-corrected chi connectivity index (χ2v) is 7.07. The molecule has 1 aliphatic carbocycles. The van der Waals surface area contributed by atoms with E-state index < -0.39 is 12.5 Å². The number of pyridine rings is 1. The van der Waals surface area contributed by atoms with Crippen LogP contribution in [0.2, 0.25) is 15.1 Å². The van der Waals surface area contributed by atoms with Crippen molar-refractivity contribution in [1.29, 1.82) is 0 Å². The van der Waals surface area contributed by atoms with Gasteiger partial charge in [0.1, 0.15) is 0 Å². The molecule has 144 valence electrons. The lowest BCUT2D eigenvalue weighted by Gasteiger charge is -2.15. The van der Waals surface area contributed by atoms with E-state index in [1.807, 2.05) is 0 Å². The average Bonchev–Trinajstić information content (AvgIpc) is 3.41. The third-order valence-electron chi connectivity index (χ3n) is 3.76. The van der Waals surface area contributed by atoms with Crippen molar-refractivity contribution < 1.29 is 23.0 Å². The lowest BCUT2D eigenvalue weighted by atomic mass is 10.1. The van der Waals surface area contributed by atoms with Gasteiger partial charge in [-0.1, -0.05) is 34.8 Å². The van der Waals surface area contributed by atoms with E-state index >= 15 is 0 Å². The maximum absolute atomic E-state index is 12.6. The Hall–Kier alpha value is -1.83. The molecule has 1 aliphatic rings. The van der Waals surface area contributed by atoms with Gasteiger partial charge in [0.25, 0.3) is 5.91 Å². The average molecular weight is 438 g/mol. The normalized spacial score (nSPS) is 13.6. The van der Waals surface area contributed by atoms with Gasteiger partial charge in [-0.2, -0.15) is 8.78 Å². The first kappa shape index (κ1) is 19.9. The van der Waals surface area contributed by atoms with Gasteiger partial charge in [0.2, 0.25) is 0 Å². The predicted octanol–water partition coefficient (Wildman–Crippen LogP) is 5.68. The predicted molar refractivity (Wildman–Crippen MR) is 98.5 cm³/mol. The summed E-state index contributed by atoms with van der Waals surface area (Å²) < 4.78 is 35.3. The molecule has 1 N–H and O–H groups in total. The zero-order valence-corrected chi connectivity index (χ0v) is 15.9. The maximum Gasteiger partial charge on any atom is 0.387 e. The second-order valence-electron chi connectivity index (χ2n) is 5.84.